The van der Waals surface area contributed by atoms with Crippen LogP contribution in [0.5, 0.6) is 0 Å². The number of likely N-dealkylation sites (tertiary alicyclic amines) is 1. The highest BCUT2D eigenvalue weighted by Crippen LogP contribution is 2.33. The molecule has 0 saturated carbocycles. The molecule has 3 heterocycles. The molecule has 3 nitrogen and oxygen atoms in total. The van der Waals surface area contributed by atoms with Crippen LogP contribution in [0.2, 0.25) is 0 Å². The van der Waals surface area contributed by atoms with E-state index in [4.69, 9.17) is 0 Å². The summed E-state index contributed by atoms with van der Waals surface area (Å²) in [6.07, 6.45) is 2.92. The van der Waals surface area contributed by atoms with E-state index in [0.717, 1.165) is 31.7 Å². The Morgan fingerprint density at radius 1 is 1.50 bits per heavy atom. The van der Waals surface area contributed by atoms with Crippen LogP contribution >= 0.6 is 35.5 Å². The number of amides is 1. The van der Waals surface area contributed by atoms with Crippen LogP contribution in [0.1, 0.15) is 30.9 Å². The van der Waals surface area contributed by atoms with E-state index < -0.39 is 0 Å². The minimum Gasteiger partial charge on any atom is -0.336 e. The molecular weight excluding hydrogens is 312 g/mol. The number of thioether (sulfide) groups is 1. The molecule has 0 spiro atoms. The molecule has 2 saturated heterocycles. The Labute approximate surface area is 134 Å². The van der Waals surface area contributed by atoms with Gasteiger partial charge >= 0.3 is 0 Å². The van der Waals surface area contributed by atoms with Crippen molar-refractivity contribution in [2.45, 2.75) is 31.3 Å². The largest absolute Gasteiger partial charge is 0.336 e. The Bertz CT molecular complexity index is 421. The monoisotopic (exact) mass is 332 g/mol. The van der Waals surface area contributed by atoms with Gasteiger partial charge in [-0.3, -0.25) is 4.79 Å². The zero-order chi connectivity index (χ0) is 13.1. The summed E-state index contributed by atoms with van der Waals surface area (Å²) in [7, 11) is 0. The van der Waals surface area contributed by atoms with Gasteiger partial charge in [-0.1, -0.05) is 0 Å². The number of thiophene rings is 1. The fraction of sp³-hybridized carbons (Fsp3) is 0.643. The van der Waals surface area contributed by atoms with Crippen LogP contribution in [0.25, 0.3) is 0 Å². The number of rotatable bonds is 3. The molecule has 0 radical (unpaired) electrons. The average molecular weight is 333 g/mol. The molecule has 2 atom stereocenters. The first-order valence-corrected chi connectivity index (χ1v) is 9.07. The fourth-order valence-corrected chi connectivity index (χ4v) is 4.61. The van der Waals surface area contributed by atoms with E-state index in [1.54, 1.807) is 11.3 Å². The van der Waals surface area contributed by atoms with Gasteiger partial charge in [0.25, 0.3) is 0 Å². The lowest BCUT2D eigenvalue weighted by atomic mass is 10.1. The molecule has 20 heavy (non-hydrogen) atoms. The smallest absolute Gasteiger partial charge is 0.224 e. The standard InChI is InChI=1S/C14H20N2OS2.ClH/c17-14(8-12-10-19-7-4-15-12)16-5-1-2-13(16)11-3-6-18-9-11;/h3,6,9,12-13,15H,1-2,4-5,7-8,10H2;1H. The Kier molecular flexibility index (Phi) is 6.20. The molecule has 2 aliphatic heterocycles. The van der Waals surface area contributed by atoms with Gasteiger partial charge in [0.2, 0.25) is 5.91 Å². The number of carbonyl (C=O) groups is 1. The second-order valence-corrected chi connectivity index (χ2v) is 7.16. The first-order valence-electron chi connectivity index (χ1n) is 6.97. The third kappa shape index (κ3) is 3.70. The molecule has 2 aliphatic rings. The SMILES string of the molecule is Cl.O=C(CC1CSCCN1)N1CCCC1c1ccsc1. The van der Waals surface area contributed by atoms with E-state index in [0.29, 0.717) is 24.4 Å². The average Bonchev–Trinajstić information content (AvgIpc) is 3.10. The predicted octanol–water partition coefficient (Wildman–Crippen LogP) is 2.93. The minimum absolute atomic E-state index is 0. The summed E-state index contributed by atoms with van der Waals surface area (Å²) in [4.78, 5) is 14.6. The van der Waals surface area contributed by atoms with Gasteiger partial charge in [0.1, 0.15) is 0 Å². The van der Waals surface area contributed by atoms with Crippen LogP contribution in [0.15, 0.2) is 16.8 Å². The maximum absolute atomic E-state index is 12.5. The quantitative estimate of drug-likeness (QED) is 0.923. The highest BCUT2D eigenvalue weighted by molar-refractivity contribution is 7.99. The molecule has 0 aromatic carbocycles. The Morgan fingerprint density at radius 2 is 2.40 bits per heavy atom. The van der Waals surface area contributed by atoms with Gasteiger partial charge in [-0.2, -0.15) is 23.1 Å². The molecule has 2 unspecified atom stereocenters. The summed E-state index contributed by atoms with van der Waals surface area (Å²) >= 11 is 3.68. The normalized spacial score (nSPS) is 26.3. The molecule has 0 aliphatic carbocycles. The summed E-state index contributed by atoms with van der Waals surface area (Å²) in [6.45, 7) is 1.97. The van der Waals surface area contributed by atoms with E-state index in [1.807, 2.05) is 11.8 Å². The number of hydrogen-bond acceptors (Lipinski definition) is 4. The Hall–Kier alpha value is -0.230. The first kappa shape index (κ1) is 16.1. The third-order valence-electron chi connectivity index (χ3n) is 3.92. The van der Waals surface area contributed by atoms with Crippen molar-refractivity contribution in [2.75, 3.05) is 24.6 Å². The topological polar surface area (TPSA) is 32.3 Å². The third-order valence-corrected chi connectivity index (χ3v) is 5.75. The lowest BCUT2D eigenvalue weighted by molar-refractivity contribution is -0.132. The van der Waals surface area contributed by atoms with Crippen molar-refractivity contribution in [3.05, 3.63) is 22.4 Å². The number of carbonyl (C=O) groups excluding carboxylic acids is 1. The lowest BCUT2D eigenvalue weighted by Gasteiger charge is -2.28. The summed E-state index contributed by atoms with van der Waals surface area (Å²) in [5.74, 6) is 2.57. The molecule has 3 rings (SSSR count). The fourth-order valence-electron chi connectivity index (χ4n) is 2.96. The molecule has 2 fully saturated rings. The maximum atomic E-state index is 12.5. The predicted molar refractivity (Wildman–Crippen MR) is 89.0 cm³/mol. The summed E-state index contributed by atoms with van der Waals surface area (Å²) < 4.78 is 0. The molecule has 1 aromatic heterocycles. The van der Waals surface area contributed by atoms with E-state index >= 15 is 0 Å². The van der Waals surface area contributed by atoms with Crippen molar-refractivity contribution in [1.82, 2.24) is 10.2 Å². The highest BCUT2D eigenvalue weighted by atomic mass is 35.5. The molecule has 1 aromatic rings. The van der Waals surface area contributed by atoms with E-state index in [9.17, 15) is 4.79 Å². The lowest BCUT2D eigenvalue weighted by Crippen LogP contribution is -2.42. The molecule has 112 valence electrons. The molecule has 0 bridgehead atoms. The number of hydrogen-bond donors (Lipinski definition) is 1. The van der Waals surface area contributed by atoms with Gasteiger partial charge in [0, 0.05) is 37.1 Å². The number of halogens is 1. The number of nitrogens with zero attached hydrogens (tertiary/aromatic N) is 1. The molecule has 1 N–H and O–H groups in total. The van der Waals surface area contributed by atoms with Gasteiger partial charge in [-0.25, -0.2) is 0 Å². The first-order chi connectivity index (χ1) is 9.34. The molecular formula is C14H21ClN2OS2. The molecule has 1 amide bonds. The van der Waals surface area contributed by atoms with Crippen LogP contribution < -0.4 is 5.32 Å². The van der Waals surface area contributed by atoms with Crippen LogP contribution in [0.3, 0.4) is 0 Å². The zero-order valence-corrected chi connectivity index (χ0v) is 13.9. The van der Waals surface area contributed by atoms with Gasteiger partial charge < -0.3 is 10.2 Å². The van der Waals surface area contributed by atoms with Crippen molar-refractivity contribution < 1.29 is 4.79 Å². The van der Waals surface area contributed by atoms with Crippen LogP contribution in [-0.2, 0) is 4.79 Å². The van der Waals surface area contributed by atoms with Crippen molar-refractivity contribution >= 4 is 41.4 Å². The number of nitrogens with one attached hydrogen (secondary N) is 1. The molecule has 6 heteroatoms. The van der Waals surface area contributed by atoms with Crippen LogP contribution in [0, 0.1) is 0 Å². The highest BCUT2D eigenvalue weighted by Gasteiger charge is 2.31. The Balaban J connectivity index is 0.00000147. The summed E-state index contributed by atoms with van der Waals surface area (Å²) in [6, 6.07) is 2.86. The van der Waals surface area contributed by atoms with Gasteiger partial charge in [0.15, 0.2) is 0 Å². The van der Waals surface area contributed by atoms with E-state index in [2.05, 4.69) is 27.0 Å². The zero-order valence-electron chi connectivity index (χ0n) is 11.4. The van der Waals surface area contributed by atoms with Gasteiger partial charge in [-0.05, 0) is 35.2 Å². The van der Waals surface area contributed by atoms with Crippen LogP contribution in [0.4, 0.5) is 0 Å². The minimum atomic E-state index is 0. The maximum Gasteiger partial charge on any atom is 0.224 e. The summed E-state index contributed by atoms with van der Waals surface area (Å²) in [5.41, 5.74) is 1.32. The second kappa shape index (κ2) is 7.69. The van der Waals surface area contributed by atoms with Gasteiger partial charge in [0.05, 0.1) is 6.04 Å². The van der Waals surface area contributed by atoms with Crippen molar-refractivity contribution in [1.29, 1.82) is 0 Å². The van der Waals surface area contributed by atoms with E-state index in [1.165, 1.54) is 11.3 Å². The van der Waals surface area contributed by atoms with Gasteiger partial charge in [-0.15, -0.1) is 12.4 Å². The van der Waals surface area contributed by atoms with Crippen molar-refractivity contribution in [3.8, 4) is 0 Å². The summed E-state index contributed by atoms with van der Waals surface area (Å²) in [5, 5.41) is 7.75. The Morgan fingerprint density at radius 3 is 3.10 bits per heavy atom. The van der Waals surface area contributed by atoms with Crippen LogP contribution in [-0.4, -0.2) is 41.4 Å². The second-order valence-electron chi connectivity index (χ2n) is 5.23. The van der Waals surface area contributed by atoms with E-state index in [-0.39, 0.29) is 12.4 Å². The van der Waals surface area contributed by atoms with Crippen molar-refractivity contribution in [3.63, 3.8) is 0 Å². The van der Waals surface area contributed by atoms with Crippen molar-refractivity contribution in [2.24, 2.45) is 0 Å².